The Hall–Kier alpha value is -2.71. The number of anilines is 1. The predicted molar refractivity (Wildman–Crippen MR) is 96.2 cm³/mol. The Morgan fingerprint density at radius 3 is 2.26 bits per heavy atom. The summed E-state index contributed by atoms with van der Waals surface area (Å²) in [6, 6.07) is 7.84. The van der Waals surface area contributed by atoms with Gasteiger partial charge >= 0.3 is 6.18 Å². The van der Waals surface area contributed by atoms with E-state index in [0.29, 0.717) is 28.0 Å². The highest BCUT2D eigenvalue weighted by atomic mass is 19.4. The fraction of sp³-hybridized carbons (Fsp3) is 0.263. The molecule has 4 N–H and O–H groups in total. The number of ether oxygens (including phenoxy) is 2. The summed E-state index contributed by atoms with van der Waals surface area (Å²) in [4.78, 5) is 0. The van der Waals surface area contributed by atoms with E-state index < -0.39 is 12.8 Å². The van der Waals surface area contributed by atoms with Crippen molar-refractivity contribution >= 4 is 17.8 Å². The molecule has 5 nitrogen and oxygen atoms in total. The van der Waals surface area contributed by atoms with Crippen LogP contribution < -0.4 is 15.2 Å². The zero-order valence-corrected chi connectivity index (χ0v) is 14.6. The van der Waals surface area contributed by atoms with Crippen molar-refractivity contribution in [3.8, 4) is 11.5 Å². The number of hydrogen-bond donors (Lipinski definition) is 3. The Morgan fingerprint density at radius 2 is 1.70 bits per heavy atom. The average molecular weight is 383 g/mol. The second kappa shape index (κ2) is 8.79. The Labute approximate surface area is 154 Å². The van der Waals surface area contributed by atoms with Crippen LogP contribution in [0.5, 0.6) is 11.5 Å². The quantitative estimate of drug-likeness (QED) is 0.504. The predicted octanol–water partition coefficient (Wildman–Crippen LogP) is 3.37. The summed E-state index contributed by atoms with van der Waals surface area (Å²) in [6.07, 6.45) is -0.998. The maximum atomic E-state index is 12.2. The molecule has 0 fully saturated rings. The average Bonchev–Trinajstić information content (AvgIpc) is 2.63. The van der Waals surface area contributed by atoms with Gasteiger partial charge in [-0.05, 0) is 41.0 Å². The van der Waals surface area contributed by atoms with Gasteiger partial charge in [-0.25, -0.2) is 0 Å². The number of aliphatic hydroxyl groups is 2. The molecule has 146 valence electrons. The van der Waals surface area contributed by atoms with Crippen LogP contribution in [0, 0.1) is 0 Å². The third-order valence-electron chi connectivity index (χ3n) is 3.77. The molecule has 0 amide bonds. The molecule has 0 bridgehead atoms. The zero-order chi connectivity index (χ0) is 20.0. The maximum Gasteiger partial charge on any atom is 0.422 e. The van der Waals surface area contributed by atoms with Crippen LogP contribution in [0.1, 0.15) is 22.3 Å². The molecule has 0 aliphatic heterocycles. The van der Waals surface area contributed by atoms with Gasteiger partial charge in [0, 0.05) is 5.56 Å². The molecule has 2 aromatic carbocycles. The lowest BCUT2D eigenvalue weighted by molar-refractivity contribution is -0.153. The number of nitrogen functional groups attached to an aromatic ring is 1. The SMILES string of the molecule is COc1cc(/C=C\c2ccc(OCC(F)(F)F)c(N)c2)cc(CO)c1CO. The van der Waals surface area contributed by atoms with Crippen LogP contribution >= 0.6 is 0 Å². The molecule has 0 saturated carbocycles. The summed E-state index contributed by atoms with van der Waals surface area (Å²) in [6.45, 7) is -1.93. The topological polar surface area (TPSA) is 84.9 Å². The van der Waals surface area contributed by atoms with Gasteiger partial charge < -0.3 is 25.4 Å². The fourth-order valence-electron chi connectivity index (χ4n) is 2.48. The summed E-state index contributed by atoms with van der Waals surface area (Å²) in [5.41, 5.74) is 8.24. The lowest BCUT2D eigenvalue weighted by atomic mass is 10.0. The summed E-state index contributed by atoms with van der Waals surface area (Å²) in [7, 11) is 1.46. The summed E-state index contributed by atoms with van der Waals surface area (Å²) in [5.74, 6) is 0.403. The van der Waals surface area contributed by atoms with E-state index in [1.54, 1.807) is 30.4 Å². The lowest BCUT2D eigenvalue weighted by Crippen LogP contribution is -2.19. The second-order valence-corrected chi connectivity index (χ2v) is 5.71. The van der Waals surface area contributed by atoms with Gasteiger partial charge in [0.2, 0.25) is 0 Å². The molecule has 8 heteroatoms. The summed E-state index contributed by atoms with van der Waals surface area (Å²) < 4.78 is 46.5. The number of aliphatic hydroxyl groups excluding tert-OH is 2. The van der Waals surface area contributed by atoms with Crippen LogP contribution in [0.25, 0.3) is 12.2 Å². The molecule has 0 atom stereocenters. The first kappa shape index (κ1) is 20.6. The van der Waals surface area contributed by atoms with Crippen LogP contribution in [0.3, 0.4) is 0 Å². The van der Waals surface area contributed by atoms with Gasteiger partial charge in [0.1, 0.15) is 11.5 Å². The summed E-state index contributed by atoms with van der Waals surface area (Å²) >= 11 is 0. The van der Waals surface area contributed by atoms with Crippen molar-refractivity contribution in [1.29, 1.82) is 0 Å². The van der Waals surface area contributed by atoms with Crippen molar-refractivity contribution < 1.29 is 32.9 Å². The molecule has 0 aromatic heterocycles. The van der Waals surface area contributed by atoms with Gasteiger partial charge in [0.15, 0.2) is 6.61 Å². The highest BCUT2D eigenvalue weighted by Gasteiger charge is 2.28. The monoisotopic (exact) mass is 383 g/mol. The van der Waals surface area contributed by atoms with E-state index in [2.05, 4.69) is 4.74 Å². The number of alkyl halides is 3. The minimum atomic E-state index is -4.44. The van der Waals surface area contributed by atoms with Gasteiger partial charge in [-0.15, -0.1) is 0 Å². The molecule has 0 radical (unpaired) electrons. The van der Waals surface area contributed by atoms with Crippen LogP contribution in [0.4, 0.5) is 18.9 Å². The van der Waals surface area contributed by atoms with E-state index in [1.807, 2.05) is 0 Å². The van der Waals surface area contributed by atoms with Crippen molar-refractivity contribution in [2.75, 3.05) is 19.5 Å². The molecule has 0 aliphatic carbocycles. The van der Waals surface area contributed by atoms with Crippen molar-refractivity contribution in [1.82, 2.24) is 0 Å². The number of nitrogens with two attached hydrogens (primary N) is 1. The lowest BCUT2D eigenvalue weighted by Gasteiger charge is -2.12. The minimum absolute atomic E-state index is 0.0407. The molecule has 0 unspecified atom stereocenters. The van der Waals surface area contributed by atoms with Crippen molar-refractivity contribution in [3.63, 3.8) is 0 Å². The Kier molecular flexibility index (Phi) is 6.70. The number of benzene rings is 2. The first-order chi connectivity index (χ1) is 12.8. The Bertz CT molecular complexity index is 794. The van der Waals surface area contributed by atoms with Gasteiger partial charge in [0.25, 0.3) is 0 Å². The van der Waals surface area contributed by atoms with E-state index in [-0.39, 0.29) is 24.7 Å². The minimum Gasteiger partial charge on any atom is -0.496 e. The van der Waals surface area contributed by atoms with E-state index in [0.717, 1.165) is 0 Å². The highest BCUT2D eigenvalue weighted by molar-refractivity contribution is 5.73. The number of methoxy groups -OCH3 is 1. The van der Waals surface area contributed by atoms with Crippen LogP contribution in [0.2, 0.25) is 0 Å². The molecule has 2 aromatic rings. The zero-order valence-electron chi connectivity index (χ0n) is 14.6. The van der Waals surface area contributed by atoms with Crippen molar-refractivity contribution in [2.45, 2.75) is 19.4 Å². The number of rotatable bonds is 7. The largest absolute Gasteiger partial charge is 0.496 e. The van der Waals surface area contributed by atoms with Crippen molar-refractivity contribution in [3.05, 3.63) is 52.6 Å². The molecular formula is C19H20F3NO4. The standard InChI is InChI=1S/C19H20F3NO4/c1-26-18-8-13(6-14(9-24)15(18)10-25)3-2-12-4-5-17(16(23)7-12)27-11-19(20,21)22/h2-8,24-25H,9-11,23H2,1H3/b3-2-. The van der Waals surface area contributed by atoms with Crippen LogP contribution in [-0.2, 0) is 13.2 Å². The van der Waals surface area contributed by atoms with E-state index >= 15 is 0 Å². The third-order valence-corrected chi connectivity index (χ3v) is 3.77. The first-order valence-corrected chi connectivity index (χ1v) is 7.96. The van der Waals surface area contributed by atoms with Crippen LogP contribution in [-0.4, -0.2) is 30.1 Å². The molecule has 0 heterocycles. The molecule has 0 aliphatic rings. The fourth-order valence-corrected chi connectivity index (χ4v) is 2.48. The second-order valence-electron chi connectivity index (χ2n) is 5.71. The molecule has 2 rings (SSSR count). The number of halogens is 3. The Balaban J connectivity index is 2.21. The normalized spacial score (nSPS) is 11.8. The smallest absolute Gasteiger partial charge is 0.422 e. The van der Waals surface area contributed by atoms with Gasteiger partial charge in [0.05, 0.1) is 26.0 Å². The molecular weight excluding hydrogens is 363 g/mol. The molecule has 0 saturated heterocycles. The molecule has 27 heavy (non-hydrogen) atoms. The maximum absolute atomic E-state index is 12.2. The highest BCUT2D eigenvalue weighted by Crippen LogP contribution is 2.28. The molecule has 0 spiro atoms. The first-order valence-electron chi connectivity index (χ1n) is 7.96. The van der Waals surface area contributed by atoms with Gasteiger partial charge in [-0.1, -0.05) is 18.2 Å². The summed E-state index contributed by atoms with van der Waals surface area (Å²) in [5, 5.41) is 18.9. The van der Waals surface area contributed by atoms with Gasteiger partial charge in [-0.2, -0.15) is 13.2 Å². The van der Waals surface area contributed by atoms with E-state index in [4.69, 9.17) is 10.5 Å². The third kappa shape index (κ3) is 5.63. The number of hydrogen-bond acceptors (Lipinski definition) is 5. The van der Waals surface area contributed by atoms with Crippen LogP contribution in [0.15, 0.2) is 30.3 Å². The Morgan fingerprint density at radius 1 is 1.00 bits per heavy atom. The van der Waals surface area contributed by atoms with E-state index in [9.17, 15) is 23.4 Å². The van der Waals surface area contributed by atoms with Crippen molar-refractivity contribution in [2.24, 2.45) is 0 Å². The van der Waals surface area contributed by atoms with Gasteiger partial charge in [-0.3, -0.25) is 0 Å². The van der Waals surface area contributed by atoms with E-state index in [1.165, 1.54) is 19.2 Å².